The van der Waals surface area contributed by atoms with E-state index in [9.17, 15) is 9.90 Å². The summed E-state index contributed by atoms with van der Waals surface area (Å²) in [5.41, 5.74) is 3.32. The quantitative estimate of drug-likeness (QED) is 0.244. The fraction of sp³-hybridized carbons (Fsp3) is 0.368. The first-order valence-corrected chi connectivity index (χ1v) is 17.0. The highest BCUT2D eigenvalue weighted by atomic mass is 16.5. The second-order valence-corrected chi connectivity index (χ2v) is 13.7. The summed E-state index contributed by atoms with van der Waals surface area (Å²) in [5, 5.41) is 13.6. The molecule has 9 heteroatoms. The van der Waals surface area contributed by atoms with Crippen LogP contribution in [0, 0.1) is 0 Å². The molecule has 0 saturated carbocycles. The average molecular weight is 627 g/mol. The Balaban J connectivity index is 1.10. The standard InChI is InChI=1S/C38H38N6O3/c45-29-19-25-7-1-2-8-30(25)32(21-29)26-10-13-31-34(20-26)40-37(47-24-38-14-5-17-43(38)18-6-15-38)41-35(31)42-22-27-11-12-28(23-42)44(27)36(46)33-9-3-4-16-39-33/h1-4,7-10,13,16,19-21,27-28,45H,5-6,11-12,14-15,17-18,22-24H2/t27-,28+. The second-order valence-electron chi connectivity index (χ2n) is 13.7. The maximum Gasteiger partial charge on any atom is 0.319 e. The van der Waals surface area contributed by atoms with Gasteiger partial charge in [-0.2, -0.15) is 9.97 Å². The van der Waals surface area contributed by atoms with E-state index in [1.807, 2.05) is 36.4 Å². The number of carbonyl (C=O) groups excluding carboxylic acids is 1. The SMILES string of the molecule is O=C(c1ccccn1)N1[C@@H]2CC[C@H]1CN(c1nc(OCC34CCCN3CCC4)nc3cc(-c4cc(O)cc5ccccc45)ccc13)C2. The van der Waals surface area contributed by atoms with E-state index in [-0.39, 0.29) is 29.3 Å². The average Bonchev–Trinajstić information content (AvgIpc) is 3.76. The zero-order valence-corrected chi connectivity index (χ0v) is 26.4. The Morgan fingerprint density at radius 2 is 1.68 bits per heavy atom. The lowest BCUT2D eigenvalue weighted by molar-refractivity contribution is 0.0635. The molecule has 0 radical (unpaired) electrons. The Hall–Kier alpha value is -4.76. The molecule has 9 nitrogen and oxygen atoms in total. The summed E-state index contributed by atoms with van der Waals surface area (Å²) < 4.78 is 6.55. The lowest BCUT2D eigenvalue weighted by Crippen LogP contribution is -2.56. The maximum atomic E-state index is 13.5. The van der Waals surface area contributed by atoms with Crippen LogP contribution in [-0.2, 0) is 0 Å². The number of ether oxygens (including phenoxy) is 1. The fourth-order valence-electron chi connectivity index (χ4n) is 8.79. The van der Waals surface area contributed by atoms with Crippen molar-refractivity contribution in [1.29, 1.82) is 0 Å². The van der Waals surface area contributed by atoms with Crippen molar-refractivity contribution in [3.05, 3.63) is 84.7 Å². The molecule has 4 aliphatic heterocycles. The van der Waals surface area contributed by atoms with Crippen LogP contribution in [0.1, 0.15) is 49.0 Å². The van der Waals surface area contributed by atoms with Gasteiger partial charge in [-0.3, -0.25) is 14.7 Å². The van der Waals surface area contributed by atoms with Crippen LogP contribution < -0.4 is 9.64 Å². The van der Waals surface area contributed by atoms with Gasteiger partial charge in [-0.15, -0.1) is 0 Å². The van der Waals surface area contributed by atoms with E-state index >= 15 is 0 Å². The molecule has 4 saturated heterocycles. The number of hydrogen-bond donors (Lipinski definition) is 1. The van der Waals surface area contributed by atoms with E-state index in [2.05, 4.69) is 43.9 Å². The fourth-order valence-corrected chi connectivity index (χ4v) is 8.79. The van der Waals surface area contributed by atoms with E-state index in [0.29, 0.717) is 31.4 Å². The van der Waals surface area contributed by atoms with Crippen LogP contribution in [-0.4, -0.2) is 86.2 Å². The van der Waals surface area contributed by atoms with Crippen molar-refractivity contribution in [2.45, 2.75) is 56.1 Å². The molecule has 2 atom stereocenters. The molecule has 9 rings (SSSR count). The zero-order chi connectivity index (χ0) is 31.5. The molecule has 2 aromatic heterocycles. The largest absolute Gasteiger partial charge is 0.508 e. The summed E-state index contributed by atoms with van der Waals surface area (Å²) in [6, 6.07) is 24.1. The number of hydrogen-bond acceptors (Lipinski definition) is 8. The van der Waals surface area contributed by atoms with Crippen molar-refractivity contribution in [1.82, 2.24) is 24.8 Å². The maximum absolute atomic E-state index is 13.5. The van der Waals surface area contributed by atoms with Gasteiger partial charge >= 0.3 is 6.01 Å². The van der Waals surface area contributed by atoms with Crippen LogP contribution in [0.4, 0.5) is 5.82 Å². The number of amides is 1. The molecule has 0 unspecified atom stereocenters. The molecule has 47 heavy (non-hydrogen) atoms. The monoisotopic (exact) mass is 626 g/mol. The van der Waals surface area contributed by atoms with Crippen LogP contribution >= 0.6 is 0 Å². The summed E-state index contributed by atoms with van der Waals surface area (Å²) in [4.78, 5) is 35.0. The zero-order valence-electron chi connectivity index (χ0n) is 26.4. The molecule has 0 aliphatic carbocycles. The number of carbonyl (C=O) groups is 1. The molecule has 3 aromatic carbocycles. The van der Waals surface area contributed by atoms with E-state index in [1.54, 1.807) is 18.3 Å². The third kappa shape index (κ3) is 4.87. The van der Waals surface area contributed by atoms with Gasteiger partial charge in [0, 0.05) is 24.7 Å². The minimum Gasteiger partial charge on any atom is -0.508 e. The number of phenolic OH excluding ortho intramolecular Hbond substituents is 1. The topological polar surface area (TPSA) is 94.9 Å². The number of benzene rings is 3. The first kappa shape index (κ1) is 28.5. The predicted octanol–water partition coefficient (Wildman–Crippen LogP) is 6.05. The number of anilines is 1. The summed E-state index contributed by atoms with van der Waals surface area (Å²) in [5.74, 6) is 1.09. The summed E-state index contributed by atoms with van der Waals surface area (Å²) in [7, 11) is 0. The molecular formula is C38H38N6O3. The highest BCUT2D eigenvalue weighted by Gasteiger charge is 2.46. The van der Waals surface area contributed by atoms with Gasteiger partial charge in [-0.05, 0) is 110 Å². The number of rotatable bonds is 6. The molecule has 6 heterocycles. The summed E-state index contributed by atoms with van der Waals surface area (Å²) in [6.45, 7) is 4.25. The van der Waals surface area contributed by atoms with Crippen molar-refractivity contribution < 1.29 is 14.6 Å². The molecule has 0 spiro atoms. The van der Waals surface area contributed by atoms with Crippen molar-refractivity contribution in [3.8, 4) is 22.9 Å². The molecule has 2 bridgehead atoms. The van der Waals surface area contributed by atoms with Crippen molar-refractivity contribution in [2.75, 3.05) is 37.7 Å². The van der Waals surface area contributed by atoms with Gasteiger partial charge in [0.05, 0.1) is 23.1 Å². The minimum absolute atomic E-state index is 0.00855. The van der Waals surface area contributed by atoms with Gasteiger partial charge in [0.2, 0.25) is 0 Å². The van der Waals surface area contributed by atoms with Crippen LogP contribution in [0.2, 0.25) is 0 Å². The van der Waals surface area contributed by atoms with Crippen LogP contribution in [0.5, 0.6) is 11.8 Å². The first-order valence-electron chi connectivity index (χ1n) is 17.0. The minimum atomic E-state index is 0.00855. The lowest BCUT2D eigenvalue weighted by Gasteiger charge is -2.41. The number of phenols is 1. The van der Waals surface area contributed by atoms with Crippen LogP contribution in [0.15, 0.2) is 79.0 Å². The van der Waals surface area contributed by atoms with Gasteiger partial charge in [-0.25, -0.2) is 0 Å². The third-order valence-electron chi connectivity index (χ3n) is 11.0. The smallest absolute Gasteiger partial charge is 0.319 e. The van der Waals surface area contributed by atoms with E-state index in [1.165, 1.54) is 12.8 Å². The number of pyridine rings is 1. The third-order valence-corrected chi connectivity index (χ3v) is 11.0. The number of aromatic hydroxyl groups is 1. The second kappa shape index (κ2) is 11.2. The number of nitrogens with zero attached hydrogens (tertiary/aromatic N) is 6. The van der Waals surface area contributed by atoms with Crippen LogP contribution in [0.25, 0.3) is 32.8 Å². The van der Waals surface area contributed by atoms with Gasteiger partial charge in [-0.1, -0.05) is 36.4 Å². The highest BCUT2D eigenvalue weighted by molar-refractivity contribution is 6.01. The van der Waals surface area contributed by atoms with Gasteiger partial charge < -0.3 is 19.6 Å². The van der Waals surface area contributed by atoms with E-state index in [0.717, 1.165) is 77.4 Å². The van der Waals surface area contributed by atoms with Crippen molar-refractivity contribution in [3.63, 3.8) is 0 Å². The molecule has 238 valence electrons. The molecule has 4 fully saturated rings. The lowest BCUT2D eigenvalue weighted by atomic mass is 9.95. The van der Waals surface area contributed by atoms with Gasteiger partial charge in [0.25, 0.3) is 5.91 Å². The van der Waals surface area contributed by atoms with Gasteiger partial charge in [0.1, 0.15) is 23.9 Å². The molecule has 1 N–H and O–H groups in total. The first-order chi connectivity index (χ1) is 23.0. The number of fused-ring (bicyclic) bond motifs is 5. The van der Waals surface area contributed by atoms with Crippen molar-refractivity contribution in [2.24, 2.45) is 0 Å². The molecular weight excluding hydrogens is 588 g/mol. The normalized spacial score (nSPS) is 21.9. The Morgan fingerprint density at radius 1 is 0.894 bits per heavy atom. The van der Waals surface area contributed by atoms with Gasteiger partial charge in [0.15, 0.2) is 0 Å². The Kier molecular flexibility index (Phi) is 6.78. The summed E-state index contributed by atoms with van der Waals surface area (Å²) >= 11 is 0. The molecule has 5 aromatic rings. The summed E-state index contributed by atoms with van der Waals surface area (Å²) in [6.07, 6.45) is 8.31. The predicted molar refractivity (Wildman–Crippen MR) is 182 cm³/mol. The van der Waals surface area contributed by atoms with Crippen LogP contribution in [0.3, 0.4) is 0 Å². The number of piperazine rings is 1. The Bertz CT molecular complexity index is 1980. The van der Waals surface area contributed by atoms with E-state index < -0.39 is 0 Å². The van der Waals surface area contributed by atoms with Crippen molar-refractivity contribution >= 4 is 33.4 Å². The highest BCUT2D eigenvalue weighted by Crippen LogP contribution is 2.41. The van der Waals surface area contributed by atoms with E-state index in [4.69, 9.17) is 14.7 Å². The molecule has 1 amide bonds. The molecule has 4 aliphatic rings. The number of aromatic nitrogens is 3. The Morgan fingerprint density at radius 3 is 2.47 bits per heavy atom. The Labute approximate surface area is 273 Å².